The number of benzene rings is 4. The normalized spacial score (nSPS) is 13.9. The van der Waals surface area contributed by atoms with Crippen LogP contribution in [0.5, 0.6) is 0 Å². The molecule has 0 N–H and O–H groups in total. The Kier molecular flexibility index (Phi) is 4.13. The van der Waals surface area contributed by atoms with E-state index in [0.717, 1.165) is 12.8 Å². The van der Waals surface area contributed by atoms with Crippen molar-refractivity contribution in [3.8, 4) is 11.1 Å². The Morgan fingerprint density at radius 1 is 0.643 bits per heavy atom. The van der Waals surface area contributed by atoms with Gasteiger partial charge in [0.1, 0.15) is 0 Å². The first kappa shape index (κ1) is 17.0. The van der Waals surface area contributed by atoms with Crippen LogP contribution in [0, 0.1) is 13.8 Å². The Morgan fingerprint density at radius 3 is 1.89 bits per heavy atom. The summed E-state index contributed by atoms with van der Waals surface area (Å²) < 4.78 is 0. The van der Waals surface area contributed by atoms with Gasteiger partial charge in [0.2, 0.25) is 0 Å². The van der Waals surface area contributed by atoms with Gasteiger partial charge in [-0.25, -0.2) is 0 Å². The first-order valence-electron chi connectivity index (χ1n) is 10.1. The Labute approximate surface area is 166 Å². The summed E-state index contributed by atoms with van der Waals surface area (Å²) in [6, 6.07) is 24.6. The summed E-state index contributed by atoms with van der Waals surface area (Å²) in [7, 11) is 0. The maximum Gasteiger partial charge on any atom is -0.00263 e. The third-order valence-corrected chi connectivity index (χ3v) is 6.04. The van der Waals surface area contributed by atoms with Crippen molar-refractivity contribution in [2.45, 2.75) is 26.7 Å². The third-order valence-electron chi connectivity index (χ3n) is 6.04. The van der Waals surface area contributed by atoms with E-state index in [1.165, 1.54) is 54.9 Å². The van der Waals surface area contributed by atoms with E-state index in [0.29, 0.717) is 0 Å². The summed E-state index contributed by atoms with van der Waals surface area (Å²) in [6.07, 6.45) is 9.01. The SMILES string of the molecule is Cc1cc2c(C3=CC=CCC3)c3ccccc3c(-c3ccccc3)c2cc1C. The van der Waals surface area contributed by atoms with Crippen LogP contribution >= 0.6 is 0 Å². The van der Waals surface area contributed by atoms with Crippen LogP contribution in [-0.4, -0.2) is 0 Å². The van der Waals surface area contributed by atoms with Crippen LogP contribution in [0.15, 0.2) is 85.0 Å². The van der Waals surface area contributed by atoms with E-state index in [1.54, 1.807) is 0 Å². The molecule has 1 aliphatic carbocycles. The highest BCUT2D eigenvalue weighted by atomic mass is 14.2. The molecule has 4 aromatic rings. The van der Waals surface area contributed by atoms with Crippen LogP contribution in [0.25, 0.3) is 38.2 Å². The van der Waals surface area contributed by atoms with Gasteiger partial charge in [-0.05, 0) is 81.6 Å². The average Bonchev–Trinajstić information content (AvgIpc) is 2.74. The Balaban J connectivity index is 2.02. The molecule has 28 heavy (non-hydrogen) atoms. The quantitative estimate of drug-likeness (QED) is 0.318. The lowest BCUT2D eigenvalue weighted by Crippen LogP contribution is -1.96. The summed E-state index contributed by atoms with van der Waals surface area (Å²) in [5, 5.41) is 5.44. The topological polar surface area (TPSA) is 0 Å². The fraction of sp³-hybridized carbons (Fsp3) is 0.143. The lowest BCUT2D eigenvalue weighted by atomic mass is 9.83. The van der Waals surface area contributed by atoms with E-state index in [-0.39, 0.29) is 0 Å². The van der Waals surface area contributed by atoms with Crippen molar-refractivity contribution in [1.29, 1.82) is 0 Å². The van der Waals surface area contributed by atoms with Crippen molar-refractivity contribution in [3.63, 3.8) is 0 Å². The molecule has 136 valence electrons. The molecule has 0 atom stereocenters. The molecule has 0 spiro atoms. The van der Waals surface area contributed by atoms with Gasteiger partial charge in [0.25, 0.3) is 0 Å². The Bertz CT molecular complexity index is 1250. The van der Waals surface area contributed by atoms with Crippen molar-refractivity contribution in [3.05, 3.63) is 102 Å². The second-order valence-electron chi connectivity index (χ2n) is 7.80. The molecule has 5 rings (SSSR count). The van der Waals surface area contributed by atoms with Crippen molar-refractivity contribution < 1.29 is 0 Å². The number of rotatable bonds is 2. The van der Waals surface area contributed by atoms with Crippen LogP contribution < -0.4 is 0 Å². The minimum atomic E-state index is 1.10. The van der Waals surface area contributed by atoms with E-state index in [9.17, 15) is 0 Å². The van der Waals surface area contributed by atoms with E-state index in [4.69, 9.17) is 0 Å². The summed E-state index contributed by atoms with van der Waals surface area (Å²) in [5.41, 5.74) is 8.21. The predicted octanol–water partition coefficient (Wildman–Crippen LogP) is 8.01. The second kappa shape index (κ2) is 6.80. The molecule has 0 fully saturated rings. The monoisotopic (exact) mass is 360 g/mol. The van der Waals surface area contributed by atoms with Crippen LogP contribution in [0.4, 0.5) is 0 Å². The Hall–Kier alpha value is -3.12. The van der Waals surface area contributed by atoms with Crippen LogP contribution in [-0.2, 0) is 0 Å². The smallest absolute Gasteiger partial charge is 0.00263 e. The fourth-order valence-corrected chi connectivity index (χ4v) is 4.51. The van der Waals surface area contributed by atoms with Crippen molar-refractivity contribution in [2.24, 2.45) is 0 Å². The Morgan fingerprint density at radius 2 is 1.25 bits per heavy atom. The van der Waals surface area contributed by atoms with Crippen molar-refractivity contribution >= 4 is 27.1 Å². The molecule has 0 saturated carbocycles. The molecule has 0 saturated heterocycles. The third kappa shape index (κ3) is 2.68. The molecule has 0 heterocycles. The molecule has 0 bridgehead atoms. The lowest BCUT2D eigenvalue weighted by Gasteiger charge is -2.21. The van der Waals surface area contributed by atoms with Gasteiger partial charge < -0.3 is 0 Å². The molecule has 0 unspecified atom stereocenters. The highest BCUT2D eigenvalue weighted by Gasteiger charge is 2.18. The molecular weight excluding hydrogens is 336 g/mol. The number of fused-ring (bicyclic) bond motifs is 2. The van der Waals surface area contributed by atoms with E-state index < -0.39 is 0 Å². The zero-order valence-corrected chi connectivity index (χ0v) is 16.5. The summed E-state index contributed by atoms with van der Waals surface area (Å²) >= 11 is 0. The van der Waals surface area contributed by atoms with Gasteiger partial charge in [-0.15, -0.1) is 0 Å². The van der Waals surface area contributed by atoms with Gasteiger partial charge >= 0.3 is 0 Å². The van der Waals surface area contributed by atoms with Crippen LogP contribution in [0.2, 0.25) is 0 Å². The van der Waals surface area contributed by atoms with E-state index in [2.05, 4.69) is 98.8 Å². The highest BCUT2D eigenvalue weighted by Crippen LogP contribution is 2.43. The van der Waals surface area contributed by atoms with Gasteiger partial charge in [0.05, 0.1) is 0 Å². The van der Waals surface area contributed by atoms with E-state index in [1.807, 2.05) is 0 Å². The molecule has 0 aromatic heterocycles. The molecule has 1 aliphatic rings. The summed E-state index contributed by atoms with van der Waals surface area (Å²) in [6.45, 7) is 4.45. The van der Waals surface area contributed by atoms with Crippen LogP contribution in [0.3, 0.4) is 0 Å². The van der Waals surface area contributed by atoms with Gasteiger partial charge in [0, 0.05) is 0 Å². The molecule has 0 amide bonds. The van der Waals surface area contributed by atoms with Gasteiger partial charge in [0.15, 0.2) is 0 Å². The number of aryl methyl sites for hydroxylation is 2. The van der Waals surface area contributed by atoms with Crippen LogP contribution in [0.1, 0.15) is 29.5 Å². The summed E-state index contributed by atoms with van der Waals surface area (Å²) in [4.78, 5) is 0. The molecule has 0 nitrogen and oxygen atoms in total. The zero-order chi connectivity index (χ0) is 19.1. The number of allylic oxidation sites excluding steroid dienone is 4. The maximum atomic E-state index is 2.40. The first-order chi connectivity index (χ1) is 13.7. The molecular formula is C28H24. The van der Waals surface area contributed by atoms with Gasteiger partial charge in [-0.3, -0.25) is 0 Å². The molecule has 0 radical (unpaired) electrons. The minimum absolute atomic E-state index is 1.10. The second-order valence-corrected chi connectivity index (χ2v) is 7.80. The number of hydrogen-bond donors (Lipinski definition) is 0. The van der Waals surface area contributed by atoms with E-state index >= 15 is 0 Å². The highest BCUT2D eigenvalue weighted by molar-refractivity contribution is 6.19. The standard InChI is InChI=1S/C28H24/c1-19-17-25-26(18-20(19)2)28(22-13-7-4-8-14-22)24-16-10-9-15-23(24)27(25)21-11-5-3-6-12-21/h3-7,9-13,15-18H,8,14H2,1-2H3. The minimum Gasteiger partial charge on any atom is -0.0842 e. The first-order valence-corrected chi connectivity index (χ1v) is 10.1. The maximum absolute atomic E-state index is 2.40. The molecule has 0 aliphatic heterocycles. The largest absolute Gasteiger partial charge is 0.0842 e. The lowest BCUT2D eigenvalue weighted by molar-refractivity contribution is 1.06. The van der Waals surface area contributed by atoms with Gasteiger partial charge in [-0.1, -0.05) is 85.0 Å². The molecule has 0 heteroatoms. The number of hydrogen-bond acceptors (Lipinski definition) is 0. The predicted molar refractivity (Wildman–Crippen MR) is 123 cm³/mol. The molecule has 4 aromatic carbocycles. The van der Waals surface area contributed by atoms with Crippen molar-refractivity contribution in [1.82, 2.24) is 0 Å². The summed E-state index contributed by atoms with van der Waals surface area (Å²) in [5.74, 6) is 0. The average molecular weight is 361 g/mol. The van der Waals surface area contributed by atoms with Crippen molar-refractivity contribution in [2.75, 3.05) is 0 Å². The van der Waals surface area contributed by atoms with Gasteiger partial charge in [-0.2, -0.15) is 0 Å². The zero-order valence-electron chi connectivity index (χ0n) is 16.5. The fourth-order valence-electron chi connectivity index (χ4n) is 4.51.